The summed E-state index contributed by atoms with van der Waals surface area (Å²) in [6.45, 7) is 3.69. The van der Waals surface area contributed by atoms with Crippen molar-refractivity contribution >= 4 is 39.4 Å². The van der Waals surface area contributed by atoms with Crippen molar-refractivity contribution in [3.05, 3.63) is 53.9 Å². The maximum Gasteiger partial charge on any atom is 0.335 e. The number of oxazole rings is 1. The molecule has 0 amide bonds. The highest BCUT2D eigenvalue weighted by Gasteiger charge is 2.58. The SMILES string of the molecule is C=Cc1cc(C2(OBr)O[C@H](C(=O)O)[C@@H](O)[C@H](O)[C@H]2O)cc2nc(-c3ccc(O)c(F)c3)oc12. The maximum atomic E-state index is 13.8. The Labute approximate surface area is 193 Å². The summed E-state index contributed by atoms with van der Waals surface area (Å²) in [6, 6.07) is 6.30. The topological polar surface area (TPSA) is 163 Å². The van der Waals surface area contributed by atoms with Crippen LogP contribution < -0.4 is 0 Å². The number of nitrogens with zero attached hydrogens (tertiary/aromatic N) is 1. The van der Waals surface area contributed by atoms with Gasteiger partial charge >= 0.3 is 5.97 Å². The number of hydrogen-bond donors (Lipinski definition) is 5. The lowest BCUT2D eigenvalue weighted by atomic mass is 9.87. The highest BCUT2D eigenvalue weighted by atomic mass is 79.9. The first-order valence-electron chi connectivity index (χ1n) is 9.44. The molecule has 1 aromatic heterocycles. The lowest BCUT2D eigenvalue weighted by Gasteiger charge is -2.45. The smallest absolute Gasteiger partial charge is 0.335 e. The minimum Gasteiger partial charge on any atom is -0.505 e. The molecule has 174 valence electrons. The summed E-state index contributed by atoms with van der Waals surface area (Å²) in [4.78, 5) is 15.9. The molecule has 33 heavy (non-hydrogen) atoms. The molecule has 5 atom stereocenters. The number of benzene rings is 2. The zero-order chi connectivity index (χ0) is 24.1. The number of carboxylic acid groups (broad SMARTS) is 1. The minimum atomic E-state index is -2.27. The summed E-state index contributed by atoms with van der Waals surface area (Å²) in [7, 11) is 0. The van der Waals surface area contributed by atoms with Crippen LogP contribution in [0.15, 0.2) is 41.3 Å². The van der Waals surface area contributed by atoms with Crippen LogP contribution in [0.1, 0.15) is 11.1 Å². The molecule has 12 heteroatoms. The van der Waals surface area contributed by atoms with E-state index in [0.29, 0.717) is 5.56 Å². The van der Waals surface area contributed by atoms with Crippen molar-refractivity contribution in [2.45, 2.75) is 30.2 Å². The molecule has 3 aromatic rings. The first-order chi connectivity index (χ1) is 15.6. The molecular weight excluding hydrogens is 509 g/mol. The second-order valence-electron chi connectivity index (χ2n) is 7.35. The average Bonchev–Trinajstić information content (AvgIpc) is 3.23. The van der Waals surface area contributed by atoms with Gasteiger partial charge in [0, 0.05) is 16.7 Å². The van der Waals surface area contributed by atoms with Gasteiger partial charge in [-0.15, -0.1) is 0 Å². The van der Waals surface area contributed by atoms with E-state index in [-0.39, 0.29) is 28.1 Å². The maximum absolute atomic E-state index is 13.8. The van der Waals surface area contributed by atoms with E-state index < -0.39 is 47.7 Å². The second kappa shape index (κ2) is 8.48. The standard InChI is InChI=1S/C21H17BrFNO9/c1-2-8-5-10(21(33-22)18(28)15(27)14(26)17(32-21)20(29)30)7-12-16(8)31-19(24-12)9-3-4-13(25)11(23)6-9/h2-7,14-15,17-18,25-28H,1H2,(H,29,30)/t14-,15-,17-,18+,21?/m0/s1. The number of aromatic hydroxyl groups is 1. The van der Waals surface area contributed by atoms with Crippen LogP contribution in [0, 0.1) is 5.82 Å². The summed E-state index contributed by atoms with van der Waals surface area (Å²) >= 11 is 2.73. The van der Waals surface area contributed by atoms with Crippen molar-refractivity contribution in [3.63, 3.8) is 0 Å². The van der Waals surface area contributed by atoms with Gasteiger partial charge in [0.1, 0.15) is 40.1 Å². The second-order valence-corrected chi connectivity index (χ2v) is 7.67. The molecule has 10 nitrogen and oxygen atoms in total. The predicted octanol–water partition coefficient (Wildman–Crippen LogP) is 2.03. The van der Waals surface area contributed by atoms with Gasteiger partial charge in [-0.3, -0.25) is 3.83 Å². The van der Waals surface area contributed by atoms with Crippen LogP contribution in [-0.4, -0.2) is 60.9 Å². The third kappa shape index (κ3) is 3.70. The quantitative estimate of drug-likeness (QED) is 0.333. The average molecular weight is 526 g/mol. The molecular formula is C21H17BrFNO9. The van der Waals surface area contributed by atoms with Gasteiger partial charge in [0.15, 0.2) is 23.3 Å². The van der Waals surface area contributed by atoms with Gasteiger partial charge in [0.25, 0.3) is 0 Å². The molecule has 2 heterocycles. The lowest BCUT2D eigenvalue weighted by molar-refractivity contribution is -0.331. The van der Waals surface area contributed by atoms with Gasteiger partial charge in [0.05, 0.1) is 0 Å². The van der Waals surface area contributed by atoms with E-state index >= 15 is 0 Å². The van der Waals surface area contributed by atoms with Crippen LogP contribution in [0.25, 0.3) is 28.6 Å². The van der Waals surface area contributed by atoms with Crippen LogP contribution in [-0.2, 0) is 19.1 Å². The summed E-state index contributed by atoms with van der Waals surface area (Å²) in [5, 5.41) is 49.8. The lowest BCUT2D eigenvalue weighted by Crippen LogP contribution is -2.64. The number of aromatic nitrogens is 1. The molecule has 5 N–H and O–H groups in total. The molecule has 0 bridgehead atoms. The molecule has 1 saturated heterocycles. The first-order valence-corrected chi connectivity index (χ1v) is 10.1. The largest absolute Gasteiger partial charge is 0.505 e. The number of carboxylic acids is 1. The Morgan fingerprint density at radius 1 is 1.24 bits per heavy atom. The Balaban J connectivity index is 1.88. The van der Waals surface area contributed by atoms with E-state index in [0.717, 1.165) is 12.1 Å². The molecule has 1 fully saturated rings. The van der Waals surface area contributed by atoms with Gasteiger partial charge in [-0.05, 0) is 30.3 Å². The number of halogens is 2. The van der Waals surface area contributed by atoms with Crippen LogP contribution >= 0.6 is 16.3 Å². The summed E-state index contributed by atoms with van der Waals surface area (Å²) in [6.07, 6.45) is -6.34. The van der Waals surface area contributed by atoms with E-state index in [2.05, 4.69) is 27.8 Å². The van der Waals surface area contributed by atoms with Gasteiger partial charge < -0.3 is 34.7 Å². The number of ether oxygens (including phenoxy) is 1. The first kappa shape index (κ1) is 23.3. The van der Waals surface area contributed by atoms with E-state index in [9.17, 15) is 34.7 Å². The Kier molecular flexibility index (Phi) is 5.99. The number of carbonyl (C=O) groups is 1. The fraction of sp³-hybridized carbons (Fsp3) is 0.238. The van der Waals surface area contributed by atoms with Crippen LogP contribution in [0.3, 0.4) is 0 Å². The summed E-state index contributed by atoms with van der Waals surface area (Å²) < 4.78 is 30.1. The number of hydrogen-bond acceptors (Lipinski definition) is 9. The molecule has 1 aliphatic rings. The molecule has 0 aliphatic carbocycles. The van der Waals surface area contributed by atoms with E-state index in [1.807, 2.05) is 0 Å². The van der Waals surface area contributed by atoms with E-state index in [1.165, 1.54) is 24.3 Å². The number of aliphatic hydroxyl groups excluding tert-OH is 3. The highest BCUT2D eigenvalue weighted by Crippen LogP contribution is 2.43. The van der Waals surface area contributed by atoms with Crippen LogP contribution in [0.5, 0.6) is 5.75 Å². The van der Waals surface area contributed by atoms with Gasteiger partial charge in [-0.1, -0.05) is 12.7 Å². The molecule has 0 saturated carbocycles. The molecule has 1 aliphatic heterocycles. The van der Waals surface area contributed by atoms with Crippen molar-refractivity contribution in [2.24, 2.45) is 0 Å². The number of aliphatic carboxylic acids is 1. The molecule has 0 radical (unpaired) electrons. The predicted molar refractivity (Wildman–Crippen MR) is 113 cm³/mol. The molecule has 2 aromatic carbocycles. The van der Waals surface area contributed by atoms with Crippen molar-refractivity contribution in [1.82, 2.24) is 4.98 Å². The summed E-state index contributed by atoms with van der Waals surface area (Å²) in [5.74, 6) is -5.28. The monoisotopic (exact) mass is 525 g/mol. The number of fused-ring (bicyclic) bond motifs is 1. The Bertz CT molecular complexity index is 1250. The number of aliphatic hydroxyl groups is 3. The number of rotatable bonds is 5. The number of phenolic OH excluding ortho intramolecular Hbond substituents is 1. The van der Waals surface area contributed by atoms with E-state index in [1.54, 1.807) is 0 Å². The normalized spacial score (nSPS) is 27.5. The molecule has 0 spiro atoms. The molecule has 1 unspecified atom stereocenters. The number of phenols is 1. The van der Waals surface area contributed by atoms with Gasteiger partial charge in [0.2, 0.25) is 11.7 Å². The zero-order valence-electron chi connectivity index (χ0n) is 16.6. The fourth-order valence-corrected chi connectivity index (χ4v) is 4.09. The van der Waals surface area contributed by atoms with Crippen molar-refractivity contribution < 1.29 is 47.7 Å². The third-order valence-electron chi connectivity index (χ3n) is 5.37. The van der Waals surface area contributed by atoms with Gasteiger partial charge in [-0.2, -0.15) is 0 Å². The zero-order valence-corrected chi connectivity index (χ0v) is 18.1. The van der Waals surface area contributed by atoms with Crippen LogP contribution in [0.2, 0.25) is 0 Å². The van der Waals surface area contributed by atoms with Crippen LogP contribution in [0.4, 0.5) is 4.39 Å². The molecule has 4 rings (SSSR count). The Morgan fingerprint density at radius 2 is 1.97 bits per heavy atom. The van der Waals surface area contributed by atoms with Crippen molar-refractivity contribution in [3.8, 4) is 17.2 Å². The van der Waals surface area contributed by atoms with Crippen molar-refractivity contribution in [2.75, 3.05) is 0 Å². The van der Waals surface area contributed by atoms with Gasteiger partial charge in [-0.25, -0.2) is 14.2 Å². The Hall–Kier alpha value is -2.87. The highest BCUT2D eigenvalue weighted by molar-refractivity contribution is 9.06. The summed E-state index contributed by atoms with van der Waals surface area (Å²) in [5.41, 5.74) is 0.972. The third-order valence-corrected chi connectivity index (χ3v) is 5.85. The Morgan fingerprint density at radius 3 is 2.58 bits per heavy atom. The van der Waals surface area contributed by atoms with Crippen molar-refractivity contribution in [1.29, 1.82) is 0 Å². The van der Waals surface area contributed by atoms with E-state index in [4.69, 9.17) is 13.0 Å². The minimum absolute atomic E-state index is 0.00180. The fourth-order valence-electron chi connectivity index (χ4n) is 3.64.